The summed E-state index contributed by atoms with van der Waals surface area (Å²) in [5.74, 6) is -1.02. The summed E-state index contributed by atoms with van der Waals surface area (Å²) < 4.78 is 11.0. The highest BCUT2D eigenvalue weighted by atomic mass is 16.5. The zero-order valence-corrected chi connectivity index (χ0v) is 21.0. The maximum absolute atomic E-state index is 13.3. The van der Waals surface area contributed by atoms with Crippen molar-refractivity contribution in [3.63, 3.8) is 0 Å². The Morgan fingerprint density at radius 2 is 1.78 bits per heavy atom. The van der Waals surface area contributed by atoms with Gasteiger partial charge in [0.2, 0.25) is 0 Å². The summed E-state index contributed by atoms with van der Waals surface area (Å²) in [6, 6.07) is 20.3. The number of rotatable bonds is 10. The second-order valence-corrected chi connectivity index (χ2v) is 8.89. The number of Topliss-reactive ketones (excluding diaryl/α,β-unsaturated/α-hetero) is 1. The first kappa shape index (κ1) is 25.8. The summed E-state index contributed by atoms with van der Waals surface area (Å²) in [5.41, 5.74) is 1.92. The Morgan fingerprint density at radius 1 is 1.00 bits per heavy atom. The minimum Gasteiger partial charge on any atom is -0.507 e. The quantitative estimate of drug-likeness (QED) is 0.171. The minimum atomic E-state index is -0.858. The number of phenolic OH excluding ortho intramolecular Hbond substituents is 1. The van der Waals surface area contributed by atoms with Gasteiger partial charge in [0.15, 0.2) is 11.5 Å². The SMILES string of the molecule is CCCCOc1cccc(/C(O)=C2\C(=O)C(=O)N(CCc3ccccc3)C2c2ccc(O)c(OC)c2)c1. The van der Waals surface area contributed by atoms with Crippen molar-refractivity contribution in [2.75, 3.05) is 20.3 Å². The lowest BCUT2D eigenvalue weighted by Crippen LogP contribution is -2.31. The van der Waals surface area contributed by atoms with Crippen molar-refractivity contribution in [3.05, 3.63) is 95.1 Å². The molecule has 0 saturated carbocycles. The number of ketones is 1. The fraction of sp³-hybridized carbons (Fsp3) is 0.267. The van der Waals surface area contributed by atoms with Gasteiger partial charge in [-0.2, -0.15) is 0 Å². The number of amides is 1. The number of ether oxygens (including phenoxy) is 2. The van der Waals surface area contributed by atoms with Crippen LogP contribution in [0.2, 0.25) is 0 Å². The largest absolute Gasteiger partial charge is 0.507 e. The molecule has 1 aliphatic heterocycles. The first-order chi connectivity index (χ1) is 17.9. The van der Waals surface area contributed by atoms with Gasteiger partial charge in [-0.3, -0.25) is 9.59 Å². The lowest BCUT2D eigenvalue weighted by Gasteiger charge is -2.26. The molecule has 0 radical (unpaired) electrons. The van der Waals surface area contributed by atoms with Crippen molar-refractivity contribution in [2.24, 2.45) is 0 Å². The van der Waals surface area contributed by atoms with Crippen LogP contribution in [0.1, 0.15) is 42.5 Å². The molecule has 1 saturated heterocycles. The summed E-state index contributed by atoms with van der Waals surface area (Å²) >= 11 is 0. The van der Waals surface area contributed by atoms with Gasteiger partial charge in [0.05, 0.1) is 25.3 Å². The maximum atomic E-state index is 13.3. The molecule has 2 N–H and O–H groups in total. The van der Waals surface area contributed by atoms with Crippen molar-refractivity contribution >= 4 is 17.4 Å². The maximum Gasteiger partial charge on any atom is 0.295 e. The van der Waals surface area contributed by atoms with Crippen LogP contribution in [0, 0.1) is 0 Å². The summed E-state index contributed by atoms with van der Waals surface area (Å²) in [5, 5.41) is 21.5. The normalized spacial score (nSPS) is 16.7. The molecule has 0 aromatic heterocycles. The van der Waals surface area contributed by atoms with E-state index >= 15 is 0 Å². The number of likely N-dealkylation sites (tertiary alicyclic amines) is 1. The average Bonchev–Trinajstić information content (AvgIpc) is 3.17. The average molecular weight is 502 g/mol. The van der Waals surface area contributed by atoms with Gasteiger partial charge in [0, 0.05) is 12.1 Å². The van der Waals surface area contributed by atoms with Crippen LogP contribution >= 0.6 is 0 Å². The van der Waals surface area contributed by atoms with Crippen molar-refractivity contribution in [2.45, 2.75) is 32.2 Å². The molecule has 192 valence electrons. The van der Waals surface area contributed by atoms with Gasteiger partial charge in [-0.15, -0.1) is 0 Å². The van der Waals surface area contributed by atoms with E-state index in [4.69, 9.17) is 9.47 Å². The third-order valence-corrected chi connectivity index (χ3v) is 6.42. The molecule has 0 spiro atoms. The second-order valence-electron chi connectivity index (χ2n) is 8.89. The molecule has 1 fully saturated rings. The molecule has 1 heterocycles. The summed E-state index contributed by atoms with van der Waals surface area (Å²) in [7, 11) is 1.43. The standard InChI is InChI=1S/C30H31NO6/c1-3-4-17-37-23-12-8-11-22(18-23)28(33)26-27(21-13-14-24(32)25(19-21)36-2)31(30(35)29(26)34)16-15-20-9-6-5-7-10-20/h5-14,18-19,27,32-33H,3-4,15-17H2,1-2H3/b28-26+. The van der Waals surface area contributed by atoms with E-state index in [-0.39, 0.29) is 29.4 Å². The molecule has 1 aliphatic rings. The number of hydrogen-bond acceptors (Lipinski definition) is 6. The number of unbranched alkanes of at least 4 members (excludes halogenated alkanes) is 1. The third-order valence-electron chi connectivity index (χ3n) is 6.42. The first-order valence-corrected chi connectivity index (χ1v) is 12.4. The number of aliphatic hydroxyl groups excluding tert-OH is 1. The number of carbonyl (C=O) groups excluding carboxylic acids is 2. The number of phenols is 1. The number of nitrogens with zero attached hydrogens (tertiary/aromatic N) is 1. The van der Waals surface area contributed by atoms with Crippen molar-refractivity contribution in [1.29, 1.82) is 0 Å². The third kappa shape index (κ3) is 5.61. The van der Waals surface area contributed by atoms with Crippen molar-refractivity contribution in [3.8, 4) is 17.2 Å². The Hall–Kier alpha value is -4.26. The topological polar surface area (TPSA) is 96.3 Å². The van der Waals surface area contributed by atoms with Crippen LogP contribution in [0.3, 0.4) is 0 Å². The Bertz CT molecular complexity index is 1300. The van der Waals surface area contributed by atoms with E-state index in [1.54, 1.807) is 36.4 Å². The molecule has 1 unspecified atom stereocenters. The molecule has 37 heavy (non-hydrogen) atoms. The zero-order valence-electron chi connectivity index (χ0n) is 21.0. The molecule has 0 aliphatic carbocycles. The highest BCUT2D eigenvalue weighted by molar-refractivity contribution is 6.46. The van der Waals surface area contributed by atoms with Gasteiger partial charge in [0.1, 0.15) is 11.5 Å². The number of benzene rings is 3. The predicted molar refractivity (Wildman–Crippen MR) is 141 cm³/mol. The van der Waals surface area contributed by atoms with E-state index in [1.807, 2.05) is 30.3 Å². The summed E-state index contributed by atoms with van der Waals surface area (Å²) in [6.45, 7) is 2.87. The second kappa shape index (κ2) is 11.6. The van der Waals surface area contributed by atoms with E-state index in [1.165, 1.54) is 18.1 Å². The molecular formula is C30H31NO6. The van der Waals surface area contributed by atoms with E-state index < -0.39 is 17.7 Å². The highest BCUT2D eigenvalue weighted by Crippen LogP contribution is 2.42. The van der Waals surface area contributed by atoms with Gasteiger partial charge in [-0.1, -0.05) is 61.9 Å². The molecule has 7 heteroatoms. The lowest BCUT2D eigenvalue weighted by atomic mass is 9.94. The van der Waals surface area contributed by atoms with Crippen LogP contribution in [0.15, 0.2) is 78.4 Å². The monoisotopic (exact) mass is 501 g/mol. The van der Waals surface area contributed by atoms with Crippen LogP contribution in [0.25, 0.3) is 5.76 Å². The van der Waals surface area contributed by atoms with Crippen LogP contribution < -0.4 is 9.47 Å². The van der Waals surface area contributed by atoms with E-state index in [9.17, 15) is 19.8 Å². The highest BCUT2D eigenvalue weighted by Gasteiger charge is 2.46. The van der Waals surface area contributed by atoms with Crippen LogP contribution in [0.5, 0.6) is 17.2 Å². The molecule has 1 amide bonds. The lowest BCUT2D eigenvalue weighted by molar-refractivity contribution is -0.139. The molecule has 0 bridgehead atoms. The smallest absolute Gasteiger partial charge is 0.295 e. The summed E-state index contributed by atoms with van der Waals surface area (Å²) in [6.07, 6.45) is 2.41. The van der Waals surface area contributed by atoms with Crippen molar-refractivity contribution < 1.29 is 29.3 Å². The number of carbonyl (C=O) groups is 2. The summed E-state index contributed by atoms with van der Waals surface area (Å²) in [4.78, 5) is 28.0. The zero-order chi connectivity index (χ0) is 26.4. The van der Waals surface area contributed by atoms with Crippen LogP contribution in [0.4, 0.5) is 0 Å². The number of hydrogen-bond donors (Lipinski definition) is 2. The van der Waals surface area contributed by atoms with Gasteiger partial charge in [-0.25, -0.2) is 0 Å². The minimum absolute atomic E-state index is 0.0171. The fourth-order valence-electron chi connectivity index (χ4n) is 4.44. The van der Waals surface area contributed by atoms with Gasteiger partial charge in [0.25, 0.3) is 11.7 Å². The van der Waals surface area contributed by atoms with Gasteiger partial charge >= 0.3 is 0 Å². The molecule has 3 aromatic carbocycles. The first-order valence-electron chi connectivity index (χ1n) is 12.4. The van der Waals surface area contributed by atoms with E-state index in [0.717, 1.165) is 18.4 Å². The predicted octanol–water partition coefficient (Wildman–Crippen LogP) is 5.24. The Labute approximate surface area is 216 Å². The molecule has 7 nitrogen and oxygen atoms in total. The Kier molecular flexibility index (Phi) is 8.13. The number of aromatic hydroxyl groups is 1. The van der Waals surface area contributed by atoms with E-state index in [2.05, 4.69) is 6.92 Å². The molecule has 1 atom stereocenters. The number of aliphatic hydroxyl groups is 1. The Balaban J connectivity index is 1.77. The van der Waals surface area contributed by atoms with Crippen molar-refractivity contribution in [1.82, 2.24) is 4.90 Å². The van der Waals surface area contributed by atoms with E-state index in [0.29, 0.717) is 29.9 Å². The number of methoxy groups -OCH3 is 1. The molecular weight excluding hydrogens is 470 g/mol. The van der Waals surface area contributed by atoms with Crippen LogP contribution in [-0.4, -0.2) is 47.1 Å². The van der Waals surface area contributed by atoms with Gasteiger partial charge in [-0.05, 0) is 48.2 Å². The molecule has 3 aromatic rings. The van der Waals surface area contributed by atoms with Gasteiger partial charge < -0.3 is 24.6 Å². The fourth-order valence-corrected chi connectivity index (χ4v) is 4.44. The molecule has 4 rings (SSSR count). The van der Waals surface area contributed by atoms with Crippen LogP contribution in [-0.2, 0) is 16.0 Å². The Morgan fingerprint density at radius 3 is 2.51 bits per heavy atom.